The van der Waals surface area contributed by atoms with Crippen LogP contribution in [0.4, 0.5) is 4.79 Å². The Balaban J connectivity index is 1.65. The van der Waals surface area contributed by atoms with E-state index in [0.29, 0.717) is 12.5 Å². The van der Waals surface area contributed by atoms with Crippen LogP contribution in [0.3, 0.4) is 0 Å². The van der Waals surface area contributed by atoms with Gasteiger partial charge in [-0.2, -0.15) is 5.10 Å². The number of piperidine rings is 1. The van der Waals surface area contributed by atoms with Crippen molar-refractivity contribution in [3.63, 3.8) is 0 Å². The molecular formula is C14H25N5O2. The SMILES string of the molecule is CC(C)(C)OC(=O)N1CCC(CNCc2ncn[nH]2)CC1. The van der Waals surface area contributed by atoms with Gasteiger partial charge in [0.05, 0.1) is 6.54 Å². The zero-order valence-corrected chi connectivity index (χ0v) is 13.1. The summed E-state index contributed by atoms with van der Waals surface area (Å²) in [5.74, 6) is 1.44. The van der Waals surface area contributed by atoms with Gasteiger partial charge < -0.3 is 15.0 Å². The van der Waals surface area contributed by atoms with Crippen molar-refractivity contribution in [1.29, 1.82) is 0 Å². The Labute approximate surface area is 125 Å². The zero-order valence-electron chi connectivity index (χ0n) is 13.1. The Hall–Kier alpha value is -1.63. The minimum atomic E-state index is -0.424. The lowest BCUT2D eigenvalue weighted by Crippen LogP contribution is -2.43. The zero-order chi connectivity index (χ0) is 15.3. The lowest BCUT2D eigenvalue weighted by atomic mass is 9.97. The van der Waals surface area contributed by atoms with Gasteiger partial charge in [0.15, 0.2) is 0 Å². The van der Waals surface area contributed by atoms with Gasteiger partial charge >= 0.3 is 6.09 Å². The second-order valence-electron chi connectivity index (χ2n) is 6.47. The van der Waals surface area contributed by atoms with Crippen LogP contribution in [0.1, 0.15) is 39.4 Å². The maximum atomic E-state index is 12.0. The third-order valence-corrected chi connectivity index (χ3v) is 3.46. The average molecular weight is 295 g/mol. The summed E-state index contributed by atoms with van der Waals surface area (Å²) >= 11 is 0. The molecule has 0 saturated carbocycles. The number of likely N-dealkylation sites (tertiary alicyclic amines) is 1. The maximum Gasteiger partial charge on any atom is 0.410 e. The molecule has 0 radical (unpaired) electrons. The Bertz CT molecular complexity index is 433. The Morgan fingerprint density at radius 3 is 2.76 bits per heavy atom. The van der Waals surface area contributed by atoms with Gasteiger partial charge in [0.1, 0.15) is 17.8 Å². The van der Waals surface area contributed by atoms with Crippen LogP contribution >= 0.6 is 0 Å². The average Bonchev–Trinajstić information content (AvgIpc) is 2.91. The first-order chi connectivity index (χ1) is 9.94. The van der Waals surface area contributed by atoms with Gasteiger partial charge in [0, 0.05) is 13.1 Å². The molecule has 0 unspecified atom stereocenters. The second kappa shape index (κ2) is 6.89. The fraction of sp³-hybridized carbons (Fsp3) is 0.786. The molecule has 21 heavy (non-hydrogen) atoms. The molecule has 1 aromatic heterocycles. The Morgan fingerprint density at radius 2 is 2.19 bits per heavy atom. The van der Waals surface area contributed by atoms with E-state index in [0.717, 1.165) is 38.3 Å². The van der Waals surface area contributed by atoms with E-state index in [1.807, 2.05) is 20.8 Å². The molecule has 0 aromatic carbocycles. The molecule has 7 heteroatoms. The summed E-state index contributed by atoms with van der Waals surface area (Å²) in [4.78, 5) is 17.8. The predicted molar refractivity (Wildman–Crippen MR) is 78.6 cm³/mol. The van der Waals surface area contributed by atoms with E-state index in [1.54, 1.807) is 4.90 Å². The van der Waals surface area contributed by atoms with Crippen molar-refractivity contribution in [1.82, 2.24) is 25.4 Å². The van der Waals surface area contributed by atoms with Gasteiger partial charge in [0.25, 0.3) is 0 Å². The molecule has 0 bridgehead atoms. The number of aromatic amines is 1. The van der Waals surface area contributed by atoms with Gasteiger partial charge in [-0.3, -0.25) is 5.10 Å². The molecular weight excluding hydrogens is 270 g/mol. The van der Waals surface area contributed by atoms with Gasteiger partial charge in [-0.05, 0) is 46.1 Å². The van der Waals surface area contributed by atoms with E-state index >= 15 is 0 Å². The first-order valence-corrected chi connectivity index (χ1v) is 7.47. The molecule has 1 amide bonds. The lowest BCUT2D eigenvalue weighted by molar-refractivity contribution is 0.0184. The van der Waals surface area contributed by atoms with E-state index in [1.165, 1.54) is 6.33 Å². The number of nitrogens with zero attached hydrogens (tertiary/aromatic N) is 3. The van der Waals surface area contributed by atoms with E-state index in [-0.39, 0.29) is 6.09 Å². The van der Waals surface area contributed by atoms with Crippen LogP contribution in [0.2, 0.25) is 0 Å². The third-order valence-electron chi connectivity index (χ3n) is 3.46. The molecule has 7 nitrogen and oxygen atoms in total. The smallest absolute Gasteiger partial charge is 0.410 e. The minimum Gasteiger partial charge on any atom is -0.444 e. The number of amides is 1. The number of rotatable bonds is 4. The van der Waals surface area contributed by atoms with Crippen LogP contribution in [-0.4, -0.2) is 51.4 Å². The lowest BCUT2D eigenvalue weighted by Gasteiger charge is -2.33. The molecule has 2 N–H and O–H groups in total. The number of hydrogen-bond donors (Lipinski definition) is 2. The van der Waals surface area contributed by atoms with Gasteiger partial charge in [-0.25, -0.2) is 9.78 Å². The highest BCUT2D eigenvalue weighted by Crippen LogP contribution is 2.19. The van der Waals surface area contributed by atoms with Crippen LogP contribution in [0.25, 0.3) is 0 Å². The summed E-state index contributed by atoms with van der Waals surface area (Å²) in [7, 11) is 0. The molecule has 1 aromatic rings. The van der Waals surface area contributed by atoms with Crippen LogP contribution in [0.5, 0.6) is 0 Å². The normalized spacial score (nSPS) is 17.0. The number of ether oxygens (including phenoxy) is 1. The number of hydrogen-bond acceptors (Lipinski definition) is 5. The van der Waals surface area contributed by atoms with E-state index < -0.39 is 5.60 Å². The van der Waals surface area contributed by atoms with Gasteiger partial charge in [-0.1, -0.05) is 0 Å². The molecule has 0 spiro atoms. The first kappa shape index (κ1) is 15.8. The largest absolute Gasteiger partial charge is 0.444 e. The standard InChI is InChI=1S/C14H25N5O2/c1-14(2,3)21-13(20)19-6-4-11(5-7-19)8-15-9-12-16-10-17-18-12/h10-11,15H,4-9H2,1-3H3,(H,16,17,18). The molecule has 1 aliphatic heterocycles. The van der Waals surface area contributed by atoms with Crippen LogP contribution < -0.4 is 5.32 Å². The maximum absolute atomic E-state index is 12.0. The van der Waals surface area contributed by atoms with Crippen LogP contribution in [0, 0.1) is 5.92 Å². The number of H-pyrrole nitrogens is 1. The monoisotopic (exact) mass is 295 g/mol. The molecule has 118 valence electrons. The van der Waals surface area contributed by atoms with Crippen molar-refractivity contribution in [2.45, 2.75) is 45.8 Å². The highest BCUT2D eigenvalue weighted by atomic mass is 16.6. The molecule has 0 atom stereocenters. The molecule has 1 fully saturated rings. The van der Waals surface area contributed by atoms with Crippen molar-refractivity contribution in [3.8, 4) is 0 Å². The van der Waals surface area contributed by atoms with E-state index in [9.17, 15) is 4.79 Å². The summed E-state index contributed by atoms with van der Waals surface area (Å²) in [6.45, 7) is 8.85. The fourth-order valence-corrected chi connectivity index (χ4v) is 2.36. The molecule has 1 aliphatic rings. The Morgan fingerprint density at radius 1 is 1.48 bits per heavy atom. The molecule has 1 saturated heterocycles. The number of carbonyl (C=O) groups is 1. The van der Waals surface area contributed by atoms with Gasteiger partial charge in [0.2, 0.25) is 0 Å². The summed E-state index contributed by atoms with van der Waals surface area (Å²) < 4.78 is 5.39. The van der Waals surface area contributed by atoms with Crippen LogP contribution in [0.15, 0.2) is 6.33 Å². The number of carbonyl (C=O) groups excluding carboxylic acids is 1. The topological polar surface area (TPSA) is 83.1 Å². The fourth-order valence-electron chi connectivity index (χ4n) is 2.36. The summed E-state index contributed by atoms with van der Waals surface area (Å²) in [6, 6.07) is 0. The van der Waals surface area contributed by atoms with E-state index in [2.05, 4.69) is 20.5 Å². The van der Waals surface area contributed by atoms with Crippen molar-refractivity contribution in [2.75, 3.05) is 19.6 Å². The third kappa shape index (κ3) is 5.34. The summed E-state index contributed by atoms with van der Waals surface area (Å²) in [6.07, 6.45) is 3.32. The van der Waals surface area contributed by atoms with Crippen molar-refractivity contribution < 1.29 is 9.53 Å². The first-order valence-electron chi connectivity index (χ1n) is 7.47. The highest BCUT2D eigenvalue weighted by Gasteiger charge is 2.26. The predicted octanol–water partition coefficient (Wildman–Crippen LogP) is 1.54. The quantitative estimate of drug-likeness (QED) is 0.880. The molecule has 0 aliphatic carbocycles. The Kier molecular flexibility index (Phi) is 5.17. The van der Waals surface area contributed by atoms with Crippen LogP contribution in [-0.2, 0) is 11.3 Å². The van der Waals surface area contributed by atoms with E-state index in [4.69, 9.17) is 4.74 Å². The van der Waals surface area contributed by atoms with Crippen molar-refractivity contribution >= 4 is 6.09 Å². The summed E-state index contributed by atoms with van der Waals surface area (Å²) in [5.41, 5.74) is -0.424. The van der Waals surface area contributed by atoms with Crippen molar-refractivity contribution in [3.05, 3.63) is 12.2 Å². The molecule has 2 rings (SSSR count). The van der Waals surface area contributed by atoms with Crippen molar-refractivity contribution in [2.24, 2.45) is 5.92 Å². The molecule has 2 heterocycles. The van der Waals surface area contributed by atoms with Gasteiger partial charge in [-0.15, -0.1) is 0 Å². The number of aromatic nitrogens is 3. The second-order valence-corrected chi connectivity index (χ2v) is 6.47. The highest BCUT2D eigenvalue weighted by molar-refractivity contribution is 5.68. The number of nitrogens with one attached hydrogen (secondary N) is 2. The summed E-state index contributed by atoms with van der Waals surface area (Å²) in [5, 5.41) is 10.0. The minimum absolute atomic E-state index is 0.199.